The summed E-state index contributed by atoms with van der Waals surface area (Å²) in [4.78, 5) is 2.41. The first kappa shape index (κ1) is 13.1. The van der Waals surface area contributed by atoms with E-state index < -0.39 is 0 Å². The van der Waals surface area contributed by atoms with Crippen molar-refractivity contribution >= 4 is 0 Å². The van der Waals surface area contributed by atoms with E-state index in [4.69, 9.17) is 10.4 Å². The highest BCUT2D eigenvalue weighted by Crippen LogP contribution is 2.26. The number of nitrogens with zero attached hydrogens (tertiary/aromatic N) is 2. The minimum absolute atomic E-state index is 0.239. The second-order valence-electron chi connectivity index (χ2n) is 4.90. The maximum Gasteiger partial charge on any atom is 0.0995 e. The van der Waals surface area contributed by atoms with Crippen LogP contribution in [-0.2, 0) is 6.54 Å². The van der Waals surface area contributed by atoms with Gasteiger partial charge in [-0.1, -0.05) is 24.6 Å². The van der Waals surface area contributed by atoms with Crippen LogP contribution in [0.4, 0.5) is 0 Å². The standard InChI is InChI=1S/C15H20N2O/c16-11-13-5-1-2-6-14(13)12-17(9-4-10-18)15-7-3-8-15/h1-2,5-6,15,18H,3-4,7-10,12H2. The molecule has 0 radical (unpaired) electrons. The zero-order valence-corrected chi connectivity index (χ0v) is 10.7. The molecule has 0 amide bonds. The van der Waals surface area contributed by atoms with E-state index in [9.17, 15) is 0 Å². The largest absolute Gasteiger partial charge is 0.396 e. The van der Waals surface area contributed by atoms with Crippen LogP contribution in [-0.4, -0.2) is 29.2 Å². The molecular weight excluding hydrogens is 224 g/mol. The summed E-state index contributed by atoms with van der Waals surface area (Å²) in [6, 6.07) is 10.7. The molecule has 1 aromatic rings. The SMILES string of the molecule is N#Cc1ccccc1CN(CCCO)C1CCC1. The highest BCUT2D eigenvalue weighted by Gasteiger charge is 2.24. The summed E-state index contributed by atoms with van der Waals surface area (Å²) >= 11 is 0. The Morgan fingerprint density at radius 1 is 1.33 bits per heavy atom. The van der Waals surface area contributed by atoms with Crippen molar-refractivity contribution < 1.29 is 5.11 Å². The van der Waals surface area contributed by atoms with Gasteiger partial charge < -0.3 is 5.11 Å². The van der Waals surface area contributed by atoms with E-state index in [0.717, 1.165) is 30.6 Å². The van der Waals surface area contributed by atoms with E-state index in [1.54, 1.807) is 0 Å². The molecule has 96 valence electrons. The Balaban J connectivity index is 2.05. The third kappa shape index (κ3) is 3.10. The van der Waals surface area contributed by atoms with Crippen LogP contribution in [0.15, 0.2) is 24.3 Å². The van der Waals surface area contributed by atoms with Gasteiger partial charge in [0.25, 0.3) is 0 Å². The quantitative estimate of drug-likeness (QED) is 0.835. The van der Waals surface area contributed by atoms with Gasteiger partial charge in [0, 0.05) is 25.7 Å². The Kier molecular flexibility index (Phi) is 4.74. The zero-order valence-electron chi connectivity index (χ0n) is 10.7. The third-order valence-corrected chi connectivity index (χ3v) is 3.71. The Morgan fingerprint density at radius 3 is 2.72 bits per heavy atom. The number of rotatable bonds is 6. The van der Waals surface area contributed by atoms with Crippen molar-refractivity contribution in [3.8, 4) is 6.07 Å². The summed E-state index contributed by atoms with van der Waals surface area (Å²) < 4.78 is 0. The van der Waals surface area contributed by atoms with Crippen molar-refractivity contribution in [1.29, 1.82) is 5.26 Å². The van der Waals surface area contributed by atoms with Gasteiger partial charge in [-0.15, -0.1) is 0 Å². The molecule has 0 saturated heterocycles. The van der Waals surface area contributed by atoms with Crippen LogP contribution in [0.5, 0.6) is 0 Å². The van der Waals surface area contributed by atoms with Gasteiger partial charge in [0.15, 0.2) is 0 Å². The lowest BCUT2D eigenvalue weighted by Crippen LogP contribution is -2.40. The van der Waals surface area contributed by atoms with Crippen LogP contribution < -0.4 is 0 Å². The number of hydrogen-bond acceptors (Lipinski definition) is 3. The summed E-state index contributed by atoms with van der Waals surface area (Å²) in [7, 11) is 0. The van der Waals surface area contributed by atoms with Crippen molar-refractivity contribution in [2.75, 3.05) is 13.2 Å². The van der Waals surface area contributed by atoms with Crippen LogP contribution >= 0.6 is 0 Å². The molecule has 1 aromatic carbocycles. The molecule has 0 aromatic heterocycles. The molecule has 1 aliphatic carbocycles. The molecule has 0 bridgehead atoms. The van der Waals surface area contributed by atoms with Crippen LogP contribution in [0.3, 0.4) is 0 Å². The Labute approximate surface area is 109 Å². The minimum atomic E-state index is 0.239. The minimum Gasteiger partial charge on any atom is -0.396 e. The lowest BCUT2D eigenvalue weighted by molar-refractivity contribution is 0.109. The van der Waals surface area contributed by atoms with Gasteiger partial charge in [-0.3, -0.25) is 4.90 Å². The molecule has 1 fully saturated rings. The molecular formula is C15H20N2O. The fraction of sp³-hybridized carbons (Fsp3) is 0.533. The summed E-state index contributed by atoms with van der Waals surface area (Å²) in [5.41, 5.74) is 1.87. The van der Waals surface area contributed by atoms with Crippen LogP contribution in [0.1, 0.15) is 36.8 Å². The Bertz CT molecular complexity index is 421. The first-order valence-corrected chi connectivity index (χ1v) is 6.68. The molecule has 0 aliphatic heterocycles. The topological polar surface area (TPSA) is 47.3 Å². The number of benzene rings is 1. The average molecular weight is 244 g/mol. The van der Waals surface area contributed by atoms with E-state index in [0.29, 0.717) is 6.04 Å². The van der Waals surface area contributed by atoms with Gasteiger partial charge >= 0.3 is 0 Å². The predicted octanol–water partition coefficient (Wildman–Crippen LogP) is 2.30. The lowest BCUT2D eigenvalue weighted by atomic mass is 9.90. The number of nitriles is 1. The van der Waals surface area contributed by atoms with Gasteiger partial charge in [-0.05, 0) is 30.9 Å². The van der Waals surface area contributed by atoms with Gasteiger partial charge in [-0.25, -0.2) is 0 Å². The first-order chi connectivity index (χ1) is 8.85. The highest BCUT2D eigenvalue weighted by atomic mass is 16.3. The van der Waals surface area contributed by atoms with Crippen molar-refractivity contribution in [1.82, 2.24) is 4.90 Å². The Morgan fingerprint density at radius 2 is 2.11 bits per heavy atom. The second kappa shape index (κ2) is 6.53. The molecule has 0 spiro atoms. The van der Waals surface area contributed by atoms with E-state index in [1.807, 2.05) is 24.3 Å². The summed E-state index contributed by atoms with van der Waals surface area (Å²) in [5.74, 6) is 0. The molecule has 2 rings (SSSR count). The molecule has 1 saturated carbocycles. The number of hydrogen-bond donors (Lipinski definition) is 1. The molecule has 3 heteroatoms. The van der Waals surface area contributed by atoms with Gasteiger partial charge in [0.05, 0.1) is 11.6 Å². The fourth-order valence-corrected chi connectivity index (χ4v) is 2.40. The maximum absolute atomic E-state index is 9.11. The van der Waals surface area contributed by atoms with Gasteiger partial charge in [0.1, 0.15) is 0 Å². The monoisotopic (exact) mass is 244 g/mol. The molecule has 0 unspecified atom stereocenters. The molecule has 0 heterocycles. The fourth-order valence-electron chi connectivity index (χ4n) is 2.40. The van der Waals surface area contributed by atoms with Crippen molar-refractivity contribution in [2.24, 2.45) is 0 Å². The predicted molar refractivity (Wildman–Crippen MR) is 70.9 cm³/mol. The molecule has 3 nitrogen and oxygen atoms in total. The van der Waals surface area contributed by atoms with Crippen LogP contribution in [0, 0.1) is 11.3 Å². The van der Waals surface area contributed by atoms with E-state index in [-0.39, 0.29) is 6.61 Å². The molecule has 1 N–H and O–H groups in total. The first-order valence-electron chi connectivity index (χ1n) is 6.68. The summed E-state index contributed by atoms with van der Waals surface area (Å²) in [6.07, 6.45) is 4.62. The van der Waals surface area contributed by atoms with E-state index in [2.05, 4.69) is 11.0 Å². The highest BCUT2D eigenvalue weighted by molar-refractivity contribution is 5.37. The normalized spacial score (nSPS) is 15.4. The van der Waals surface area contributed by atoms with Gasteiger partial charge in [-0.2, -0.15) is 5.26 Å². The van der Waals surface area contributed by atoms with E-state index in [1.165, 1.54) is 19.3 Å². The van der Waals surface area contributed by atoms with E-state index >= 15 is 0 Å². The van der Waals surface area contributed by atoms with Crippen molar-refractivity contribution in [2.45, 2.75) is 38.3 Å². The maximum atomic E-state index is 9.11. The number of aliphatic hydroxyl groups is 1. The van der Waals surface area contributed by atoms with Crippen LogP contribution in [0.25, 0.3) is 0 Å². The zero-order chi connectivity index (χ0) is 12.8. The van der Waals surface area contributed by atoms with Crippen molar-refractivity contribution in [3.63, 3.8) is 0 Å². The number of aliphatic hydroxyl groups excluding tert-OH is 1. The second-order valence-corrected chi connectivity index (χ2v) is 4.90. The van der Waals surface area contributed by atoms with Gasteiger partial charge in [0.2, 0.25) is 0 Å². The Hall–Kier alpha value is -1.37. The third-order valence-electron chi connectivity index (χ3n) is 3.71. The van der Waals surface area contributed by atoms with Crippen molar-refractivity contribution in [3.05, 3.63) is 35.4 Å². The average Bonchev–Trinajstić information content (AvgIpc) is 2.34. The molecule has 0 atom stereocenters. The molecule has 18 heavy (non-hydrogen) atoms. The molecule has 1 aliphatic rings. The lowest BCUT2D eigenvalue weighted by Gasteiger charge is -2.37. The smallest absolute Gasteiger partial charge is 0.0995 e. The summed E-state index contributed by atoms with van der Waals surface area (Å²) in [5, 5.41) is 18.1. The van der Waals surface area contributed by atoms with Crippen LogP contribution in [0.2, 0.25) is 0 Å². The summed E-state index contributed by atoms with van der Waals surface area (Å²) in [6.45, 7) is 1.98.